The van der Waals surface area contributed by atoms with Crippen molar-refractivity contribution in [3.05, 3.63) is 84.0 Å². The van der Waals surface area contributed by atoms with Crippen molar-refractivity contribution >= 4 is 22.2 Å². The molecular weight excluding hydrogens is 399 g/mol. The van der Waals surface area contributed by atoms with Crippen molar-refractivity contribution in [3.63, 3.8) is 0 Å². The van der Waals surface area contributed by atoms with Gasteiger partial charge in [-0.05, 0) is 36.4 Å². The lowest BCUT2D eigenvalue weighted by molar-refractivity contribution is -0.138. The standard InChI is InChI=1S/C21H14F3N3OS/c22-21(23,24)17-9-8-15(11-19(17)28-16-6-2-1-3-7-16)26-20-27-18(13-29-20)14-5-4-10-25-12-14/h1-13H,(H,26,27). The number of benzene rings is 2. The van der Waals surface area contributed by atoms with Gasteiger partial charge in [0.1, 0.15) is 11.5 Å². The molecule has 2 aromatic carbocycles. The molecule has 0 aliphatic heterocycles. The number of pyridine rings is 1. The Kier molecular flexibility index (Phi) is 5.18. The van der Waals surface area contributed by atoms with E-state index < -0.39 is 11.7 Å². The van der Waals surface area contributed by atoms with Crippen LogP contribution < -0.4 is 10.1 Å². The minimum atomic E-state index is -4.53. The van der Waals surface area contributed by atoms with Crippen LogP contribution in [0.4, 0.5) is 24.0 Å². The van der Waals surface area contributed by atoms with Crippen molar-refractivity contribution < 1.29 is 17.9 Å². The Morgan fingerprint density at radius 3 is 2.52 bits per heavy atom. The molecule has 0 saturated carbocycles. The van der Waals surface area contributed by atoms with E-state index in [9.17, 15) is 13.2 Å². The van der Waals surface area contributed by atoms with Crippen LogP contribution in [0.1, 0.15) is 5.56 Å². The predicted octanol–water partition coefficient (Wildman–Crippen LogP) is 6.76. The molecule has 146 valence electrons. The number of thiazole rings is 1. The molecular formula is C21H14F3N3OS. The maximum atomic E-state index is 13.4. The zero-order chi connectivity index (χ0) is 20.3. The molecule has 2 aromatic heterocycles. The average Bonchev–Trinajstić information content (AvgIpc) is 3.17. The number of aromatic nitrogens is 2. The highest BCUT2D eigenvalue weighted by molar-refractivity contribution is 7.14. The number of anilines is 2. The minimum absolute atomic E-state index is 0.280. The molecule has 0 unspecified atom stereocenters. The van der Waals surface area contributed by atoms with Crippen LogP contribution >= 0.6 is 11.3 Å². The van der Waals surface area contributed by atoms with E-state index in [1.165, 1.54) is 23.5 Å². The third-order valence-corrected chi connectivity index (χ3v) is 4.73. The molecule has 4 rings (SSSR count). The summed E-state index contributed by atoms with van der Waals surface area (Å²) in [6.45, 7) is 0. The summed E-state index contributed by atoms with van der Waals surface area (Å²) in [4.78, 5) is 8.52. The highest BCUT2D eigenvalue weighted by Crippen LogP contribution is 2.40. The van der Waals surface area contributed by atoms with Gasteiger partial charge in [0, 0.05) is 35.1 Å². The molecule has 0 amide bonds. The number of ether oxygens (including phenoxy) is 1. The highest BCUT2D eigenvalue weighted by atomic mass is 32.1. The number of nitrogens with one attached hydrogen (secondary N) is 1. The van der Waals surface area contributed by atoms with Crippen LogP contribution in [-0.4, -0.2) is 9.97 Å². The number of halogens is 3. The molecule has 0 bridgehead atoms. The van der Waals surface area contributed by atoms with Crippen molar-refractivity contribution in [1.29, 1.82) is 0 Å². The first-order chi connectivity index (χ1) is 14.0. The van der Waals surface area contributed by atoms with Crippen LogP contribution in [-0.2, 0) is 6.18 Å². The van der Waals surface area contributed by atoms with Gasteiger partial charge in [0.2, 0.25) is 0 Å². The number of alkyl halides is 3. The first kappa shape index (κ1) is 18.9. The van der Waals surface area contributed by atoms with Crippen LogP contribution in [0.2, 0.25) is 0 Å². The second kappa shape index (κ2) is 7.92. The SMILES string of the molecule is FC(F)(F)c1ccc(Nc2nc(-c3cccnc3)cs2)cc1Oc1ccccc1. The Morgan fingerprint density at radius 2 is 1.79 bits per heavy atom. The predicted molar refractivity (Wildman–Crippen MR) is 107 cm³/mol. The van der Waals surface area contributed by atoms with E-state index in [2.05, 4.69) is 15.3 Å². The second-order valence-electron chi connectivity index (χ2n) is 6.03. The fourth-order valence-electron chi connectivity index (χ4n) is 2.64. The van der Waals surface area contributed by atoms with Gasteiger partial charge in [-0.15, -0.1) is 11.3 Å². The summed E-state index contributed by atoms with van der Waals surface area (Å²) in [5, 5.41) is 5.44. The van der Waals surface area contributed by atoms with Crippen LogP contribution in [0.25, 0.3) is 11.3 Å². The molecule has 0 aliphatic rings. The summed E-state index contributed by atoms with van der Waals surface area (Å²) < 4.78 is 45.7. The normalized spacial score (nSPS) is 11.3. The molecule has 0 fully saturated rings. The molecule has 0 radical (unpaired) electrons. The van der Waals surface area contributed by atoms with Crippen LogP contribution in [0.5, 0.6) is 11.5 Å². The van der Waals surface area contributed by atoms with E-state index in [-0.39, 0.29) is 5.75 Å². The Morgan fingerprint density at radius 1 is 0.966 bits per heavy atom. The Hall–Kier alpha value is -3.39. The van der Waals surface area contributed by atoms with E-state index in [0.29, 0.717) is 16.6 Å². The average molecular weight is 413 g/mol. The van der Waals surface area contributed by atoms with E-state index in [4.69, 9.17) is 4.74 Å². The quantitative estimate of drug-likeness (QED) is 0.393. The molecule has 8 heteroatoms. The highest BCUT2D eigenvalue weighted by Gasteiger charge is 2.34. The van der Waals surface area contributed by atoms with Crippen LogP contribution in [0.15, 0.2) is 78.4 Å². The third-order valence-electron chi connectivity index (χ3n) is 3.97. The Balaban J connectivity index is 1.61. The van der Waals surface area contributed by atoms with Gasteiger partial charge < -0.3 is 10.1 Å². The number of hydrogen-bond donors (Lipinski definition) is 1. The summed E-state index contributed by atoms with van der Waals surface area (Å²) in [5.74, 6) is 0.0426. The monoisotopic (exact) mass is 413 g/mol. The van der Waals surface area contributed by atoms with Crippen molar-refractivity contribution in [2.75, 3.05) is 5.32 Å². The molecule has 0 atom stereocenters. The van der Waals surface area contributed by atoms with Gasteiger partial charge in [0.25, 0.3) is 0 Å². The van der Waals surface area contributed by atoms with Crippen molar-refractivity contribution in [1.82, 2.24) is 9.97 Å². The van der Waals surface area contributed by atoms with Gasteiger partial charge in [-0.1, -0.05) is 18.2 Å². The summed E-state index contributed by atoms with van der Waals surface area (Å²) in [7, 11) is 0. The lowest BCUT2D eigenvalue weighted by atomic mass is 10.1. The van der Waals surface area contributed by atoms with Crippen LogP contribution in [0, 0.1) is 0 Å². The smallest absolute Gasteiger partial charge is 0.419 e. The molecule has 1 N–H and O–H groups in total. The van der Waals surface area contributed by atoms with E-state index in [1.54, 1.807) is 42.7 Å². The summed E-state index contributed by atoms with van der Waals surface area (Å²) in [6, 6.07) is 15.7. The number of nitrogens with zero attached hydrogens (tertiary/aromatic N) is 2. The lowest BCUT2D eigenvalue weighted by Gasteiger charge is -2.15. The first-order valence-electron chi connectivity index (χ1n) is 8.56. The zero-order valence-electron chi connectivity index (χ0n) is 14.9. The first-order valence-corrected chi connectivity index (χ1v) is 9.44. The number of rotatable bonds is 5. The van der Waals surface area contributed by atoms with E-state index >= 15 is 0 Å². The van der Waals surface area contributed by atoms with Gasteiger partial charge in [-0.3, -0.25) is 4.98 Å². The number of hydrogen-bond acceptors (Lipinski definition) is 5. The van der Waals surface area contributed by atoms with E-state index in [1.807, 2.05) is 17.5 Å². The van der Waals surface area contributed by atoms with Gasteiger partial charge in [0.15, 0.2) is 5.13 Å². The van der Waals surface area contributed by atoms with Gasteiger partial charge in [-0.2, -0.15) is 13.2 Å². The number of para-hydroxylation sites is 1. The molecule has 4 nitrogen and oxygen atoms in total. The molecule has 0 aliphatic carbocycles. The largest absolute Gasteiger partial charge is 0.457 e. The molecule has 0 spiro atoms. The summed E-state index contributed by atoms with van der Waals surface area (Å²) in [6.07, 6.45) is -1.16. The van der Waals surface area contributed by atoms with Crippen LogP contribution in [0.3, 0.4) is 0 Å². The van der Waals surface area contributed by atoms with Crippen molar-refractivity contribution in [2.45, 2.75) is 6.18 Å². The van der Waals surface area contributed by atoms with Gasteiger partial charge in [-0.25, -0.2) is 4.98 Å². The molecule has 29 heavy (non-hydrogen) atoms. The maximum Gasteiger partial charge on any atom is 0.419 e. The van der Waals surface area contributed by atoms with E-state index in [0.717, 1.165) is 17.3 Å². The molecule has 2 heterocycles. The fraction of sp³-hybridized carbons (Fsp3) is 0.0476. The summed E-state index contributed by atoms with van der Waals surface area (Å²) >= 11 is 1.35. The summed E-state index contributed by atoms with van der Waals surface area (Å²) in [5.41, 5.74) is 1.19. The molecule has 4 aromatic rings. The van der Waals surface area contributed by atoms with Crippen molar-refractivity contribution in [2.24, 2.45) is 0 Å². The second-order valence-corrected chi connectivity index (χ2v) is 6.89. The maximum absolute atomic E-state index is 13.4. The fourth-order valence-corrected chi connectivity index (χ4v) is 3.38. The van der Waals surface area contributed by atoms with Gasteiger partial charge >= 0.3 is 6.18 Å². The topological polar surface area (TPSA) is 47.0 Å². The zero-order valence-corrected chi connectivity index (χ0v) is 15.7. The van der Waals surface area contributed by atoms with Crippen molar-refractivity contribution in [3.8, 4) is 22.8 Å². The minimum Gasteiger partial charge on any atom is -0.457 e. The Bertz CT molecular complexity index is 1100. The lowest BCUT2D eigenvalue weighted by Crippen LogP contribution is -2.07. The van der Waals surface area contributed by atoms with Gasteiger partial charge in [0.05, 0.1) is 11.3 Å². The Labute approximate surface area is 168 Å². The molecule has 0 saturated heterocycles. The third kappa shape index (κ3) is 4.55.